The highest BCUT2D eigenvalue weighted by Crippen LogP contribution is 2.25. The largest absolute Gasteiger partial charge is 0.444 e. The van der Waals surface area contributed by atoms with E-state index in [9.17, 15) is 19.5 Å². The van der Waals surface area contributed by atoms with Gasteiger partial charge in [-0.1, -0.05) is 31.5 Å². The third-order valence-corrected chi connectivity index (χ3v) is 5.40. The summed E-state index contributed by atoms with van der Waals surface area (Å²) in [7, 11) is 0. The van der Waals surface area contributed by atoms with Crippen molar-refractivity contribution >= 4 is 30.5 Å². The molecular formula is C24H39N3O5S. The van der Waals surface area contributed by atoms with E-state index in [0.717, 1.165) is 24.0 Å². The second kappa shape index (κ2) is 13.4. The van der Waals surface area contributed by atoms with E-state index in [-0.39, 0.29) is 24.8 Å². The zero-order chi connectivity index (χ0) is 25.2. The highest BCUT2D eigenvalue weighted by Gasteiger charge is 2.35. The number of aliphatic hydroxyl groups is 1. The van der Waals surface area contributed by atoms with Crippen molar-refractivity contribution in [3.8, 4) is 0 Å². The first-order chi connectivity index (χ1) is 15.4. The number of hydrogen-bond acceptors (Lipinski definition) is 6. The molecule has 0 fully saturated rings. The Morgan fingerprint density at radius 2 is 1.85 bits per heavy atom. The smallest absolute Gasteiger partial charge is 0.408 e. The van der Waals surface area contributed by atoms with Crippen LogP contribution in [0.1, 0.15) is 63.3 Å². The molecule has 0 spiro atoms. The highest BCUT2D eigenvalue weighted by molar-refractivity contribution is 7.80. The van der Waals surface area contributed by atoms with Gasteiger partial charge >= 0.3 is 6.09 Å². The Bertz CT molecular complexity index is 810. The van der Waals surface area contributed by atoms with Gasteiger partial charge in [0.15, 0.2) is 0 Å². The van der Waals surface area contributed by atoms with Gasteiger partial charge in [-0.25, -0.2) is 4.79 Å². The third-order valence-electron chi connectivity index (χ3n) is 5.03. The Morgan fingerprint density at radius 3 is 2.36 bits per heavy atom. The van der Waals surface area contributed by atoms with Crippen LogP contribution in [0.4, 0.5) is 4.79 Å². The lowest BCUT2D eigenvalue weighted by Crippen LogP contribution is -2.54. The first-order valence-corrected chi connectivity index (χ1v) is 11.9. The van der Waals surface area contributed by atoms with Crippen LogP contribution < -0.4 is 10.6 Å². The third kappa shape index (κ3) is 9.25. The second-order valence-corrected chi connectivity index (χ2v) is 9.39. The van der Waals surface area contributed by atoms with Gasteiger partial charge in [0.2, 0.25) is 11.8 Å². The molecule has 0 bridgehead atoms. The molecule has 0 saturated heterocycles. The van der Waals surface area contributed by atoms with Crippen molar-refractivity contribution in [2.45, 2.75) is 72.1 Å². The van der Waals surface area contributed by atoms with Gasteiger partial charge in [-0.05, 0) is 57.7 Å². The lowest BCUT2D eigenvalue weighted by Gasteiger charge is -2.34. The van der Waals surface area contributed by atoms with Crippen LogP contribution in [-0.2, 0) is 14.3 Å². The molecule has 0 aromatic heterocycles. The quantitative estimate of drug-likeness (QED) is 0.287. The summed E-state index contributed by atoms with van der Waals surface area (Å²) in [6.45, 7) is 11.1. The Hall–Kier alpha value is -2.26. The van der Waals surface area contributed by atoms with E-state index in [1.165, 1.54) is 4.90 Å². The normalized spacial score (nSPS) is 13.1. The fourth-order valence-electron chi connectivity index (χ4n) is 3.20. The van der Waals surface area contributed by atoms with Crippen molar-refractivity contribution in [3.05, 3.63) is 34.9 Å². The van der Waals surface area contributed by atoms with E-state index < -0.39 is 29.7 Å². The minimum absolute atomic E-state index is 0.00287. The number of carbonyl (C=O) groups excluding carboxylic acids is 3. The number of thiol groups is 1. The summed E-state index contributed by atoms with van der Waals surface area (Å²) in [5.74, 6) is -0.876. The molecule has 2 unspecified atom stereocenters. The van der Waals surface area contributed by atoms with Crippen molar-refractivity contribution < 1.29 is 24.2 Å². The molecule has 3 N–H and O–H groups in total. The van der Waals surface area contributed by atoms with Crippen molar-refractivity contribution in [1.82, 2.24) is 15.5 Å². The molecule has 0 aliphatic heterocycles. The maximum Gasteiger partial charge on any atom is 0.408 e. The molecule has 0 saturated carbocycles. The molecule has 33 heavy (non-hydrogen) atoms. The topological polar surface area (TPSA) is 108 Å². The monoisotopic (exact) mass is 481 g/mol. The number of aryl methyl sites for hydroxylation is 2. The molecule has 1 aromatic carbocycles. The van der Waals surface area contributed by atoms with E-state index in [2.05, 4.69) is 23.3 Å². The van der Waals surface area contributed by atoms with Crippen LogP contribution in [0.15, 0.2) is 18.2 Å². The Kier molecular flexibility index (Phi) is 11.7. The van der Waals surface area contributed by atoms with E-state index in [1.807, 2.05) is 32.9 Å². The van der Waals surface area contributed by atoms with E-state index in [0.29, 0.717) is 12.1 Å². The molecule has 0 aliphatic rings. The summed E-state index contributed by atoms with van der Waals surface area (Å²) in [6.07, 6.45) is 0.961. The van der Waals surface area contributed by atoms with Gasteiger partial charge in [0.1, 0.15) is 17.7 Å². The van der Waals surface area contributed by atoms with Crippen molar-refractivity contribution in [2.24, 2.45) is 0 Å². The molecule has 186 valence electrons. The predicted molar refractivity (Wildman–Crippen MR) is 132 cm³/mol. The standard InChI is InChI=1S/C24H39N3O5S/c1-7-8-11-25-21(29)20(18-10-9-16(2)17(3)14-18)27(12-13-28)22(30)19(15-33)26-23(31)32-24(4,5)6/h9-10,14,19-20,28,33H,7-8,11-13,15H2,1-6H3,(H,25,29)(H,26,31). The average molecular weight is 482 g/mol. The number of carbonyl (C=O) groups is 3. The number of amides is 3. The zero-order valence-corrected chi connectivity index (χ0v) is 21.5. The fraction of sp³-hybridized carbons (Fsp3) is 0.625. The molecule has 2 atom stereocenters. The van der Waals surface area contributed by atoms with Gasteiger partial charge in [-0.2, -0.15) is 12.6 Å². The number of unbranched alkanes of at least 4 members (excludes halogenated alkanes) is 1. The van der Waals surface area contributed by atoms with Crippen LogP contribution in [-0.4, -0.2) is 65.0 Å². The summed E-state index contributed by atoms with van der Waals surface area (Å²) in [5.41, 5.74) is 1.93. The lowest BCUT2D eigenvalue weighted by molar-refractivity contribution is -0.142. The predicted octanol–water partition coefficient (Wildman–Crippen LogP) is 2.90. The average Bonchev–Trinajstić information content (AvgIpc) is 2.72. The van der Waals surface area contributed by atoms with Gasteiger partial charge in [-0.3, -0.25) is 9.59 Å². The van der Waals surface area contributed by atoms with Crippen molar-refractivity contribution in [1.29, 1.82) is 0 Å². The highest BCUT2D eigenvalue weighted by atomic mass is 32.1. The number of nitrogens with zero attached hydrogens (tertiary/aromatic N) is 1. The number of aliphatic hydroxyl groups excluding tert-OH is 1. The Balaban J connectivity index is 3.31. The SMILES string of the molecule is CCCCNC(=O)C(c1ccc(C)c(C)c1)N(CCO)C(=O)C(CS)NC(=O)OC(C)(C)C. The van der Waals surface area contributed by atoms with Crippen LogP contribution in [0.5, 0.6) is 0 Å². The van der Waals surface area contributed by atoms with E-state index in [1.54, 1.807) is 26.8 Å². The number of ether oxygens (including phenoxy) is 1. The summed E-state index contributed by atoms with van der Waals surface area (Å²) in [6, 6.07) is 3.57. The molecule has 0 aliphatic carbocycles. The second-order valence-electron chi connectivity index (χ2n) is 9.03. The van der Waals surface area contributed by atoms with Gasteiger partial charge < -0.3 is 25.4 Å². The first-order valence-electron chi connectivity index (χ1n) is 11.3. The fourth-order valence-corrected chi connectivity index (χ4v) is 3.45. The number of benzene rings is 1. The zero-order valence-electron chi connectivity index (χ0n) is 20.6. The summed E-state index contributed by atoms with van der Waals surface area (Å²) >= 11 is 4.23. The molecule has 3 amide bonds. The maximum absolute atomic E-state index is 13.5. The minimum atomic E-state index is -1.03. The number of alkyl carbamates (subject to hydrolysis) is 1. The molecule has 0 heterocycles. The van der Waals surface area contributed by atoms with Gasteiger partial charge in [-0.15, -0.1) is 0 Å². The van der Waals surface area contributed by atoms with Crippen LogP contribution in [0.25, 0.3) is 0 Å². The molecule has 8 nitrogen and oxygen atoms in total. The number of rotatable bonds is 11. The van der Waals surface area contributed by atoms with Gasteiger partial charge in [0.05, 0.1) is 6.61 Å². The van der Waals surface area contributed by atoms with Gasteiger partial charge in [0.25, 0.3) is 0 Å². The Labute approximate surface area is 202 Å². The Morgan fingerprint density at radius 1 is 1.18 bits per heavy atom. The molecular weight excluding hydrogens is 442 g/mol. The van der Waals surface area contributed by atoms with E-state index >= 15 is 0 Å². The maximum atomic E-state index is 13.5. The van der Waals surface area contributed by atoms with Crippen molar-refractivity contribution in [3.63, 3.8) is 0 Å². The van der Waals surface area contributed by atoms with Gasteiger partial charge in [0, 0.05) is 18.8 Å². The van der Waals surface area contributed by atoms with Crippen LogP contribution in [0, 0.1) is 13.8 Å². The summed E-state index contributed by atoms with van der Waals surface area (Å²) in [5, 5.41) is 15.1. The first kappa shape index (κ1) is 28.8. The number of hydrogen-bond donors (Lipinski definition) is 4. The molecule has 9 heteroatoms. The molecule has 1 rings (SSSR count). The molecule has 1 aromatic rings. The summed E-state index contributed by atoms with van der Waals surface area (Å²) < 4.78 is 5.26. The van der Waals surface area contributed by atoms with Crippen LogP contribution >= 0.6 is 12.6 Å². The van der Waals surface area contributed by atoms with Crippen LogP contribution in [0.2, 0.25) is 0 Å². The molecule has 0 radical (unpaired) electrons. The summed E-state index contributed by atoms with van der Waals surface area (Å²) in [4.78, 5) is 40.3. The van der Waals surface area contributed by atoms with E-state index in [4.69, 9.17) is 4.74 Å². The van der Waals surface area contributed by atoms with Crippen LogP contribution in [0.3, 0.4) is 0 Å². The van der Waals surface area contributed by atoms with Crippen molar-refractivity contribution in [2.75, 3.05) is 25.4 Å². The number of nitrogens with one attached hydrogen (secondary N) is 2. The minimum Gasteiger partial charge on any atom is -0.444 e. The lowest BCUT2D eigenvalue weighted by atomic mass is 9.98.